The summed E-state index contributed by atoms with van der Waals surface area (Å²) >= 11 is 2.89. The molecule has 3 nitrogen and oxygen atoms in total. The molecule has 0 saturated carbocycles. The van der Waals surface area contributed by atoms with Crippen molar-refractivity contribution >= 4 is 15.9 Å². The minimum absolute atomic E-state index is 0.135. The van der Waals surface area contributed by atoms with E-state index in [0.717, 1.165) is 0 Å². The first-order chi connectivity index (χ1) is 4.61. The van der Waals surface area contributed by atoms with Gasteiger partial charge < -0.3 is 4.98 Å². The number of nitrogens with zero attached hydrogens (tertiary/aromatic N) is 1. The highest BCUT2D eigenvalue weighted by atomic mass is 79.9. The Hall–Kier alpha value is -0.640. The lowest BCUT2D eigenvalue weighted by Gasteiger charge is -1.82. The molecule has 4 heteroatoms. The number of aromatic nitrogens is 2. The molecular weight excluding hydrogens is 172 g/mol. The van der Waals surface area contributed by atoms with Crippen molar-refractivity contribution in [2.24, 2.45) is 0 Å². The third-order valence-corrected chi connectivity index (χ3v) is 0.910. The third-order valence-electron chi connectivity index (χ3n) is 0.535. The third kappa shape index (κ3) is 1.16. The molecule has 8 heavy (non-hydrogen) atoms. The van der Waals surface area contributed by atoms with Crippen LogP contribution < -0.4 is 5.56 Å². The molecule has 0 aliphatic heterocycles. The van der Waals surface area contributed by atoms with Gasteiger partial charge in [-0.05, 0) is 15.9 Å². The SMILES string of the molecule is [2H]c1nc([2H])c(=O)[nH]c1Br. The Morgan fingerprint density at radius 2 is 2.62 bits per heavy atom. The van der Waals surface area contributed by atoms with Crippen LogP contribution in [0.1, 0.15) is 2.74 Å². The average Bonchev–Trinajstić information content (AvgIpc) is 1.84. The maximum Gasteiger partial charge on any atom is 0.267 e. The van der Waals surface area contributed by atoms with E-state index in [9.17, 15) is 4.79 Å². The number of hydrogen-bond donors (Lipinski definition) is 1. The van der Waals surface area contributed by atoms with Crippen molar-refractivity contribution in [3.63, 3.8) is 0 Å². The Bertz CT molecular complexity index is 311. The predicted molar refractivity (Wildman–Crippen MR) is 32.6 cm³/mol. The summed E-state index contributed by atoms with van der Waals surface area (Å²) in [5.74, 6) is 0. The summed E-state index contributed by atoms with van der Waals surface area (Å²) in [7, 11) is 0. The zero-order valence-electron chi connectivity index (χ0n) is 5.73. The van der Waals surface area contributed by atoms with Crippen LogP contribution in [0.25, 0.3) is 0 Å². The van der Waals surface area contributed by atoms with Crippen LogP contribution in [0.15, 0.2) is 21.7 Å². The number of hydrogen-bond acceptors (Lipinski definition) is 2. The van der Waals surface area contributed by atoms with E-state index in [1.165, 1.54) is 0 Å². The van der Waals surface area contributed by atoms with Crippen molar-refractivity contribution in [3.8, 4) is 0 Å². The van der Waals surface area contributed by atoms with Crippen molar-refractivity contribution in [2.45, 2.75) is 0 Å². The summed E-state index contributed by atoms with van der Waals surface area (Å²) in [5.41, 5.74) is -0.595. The lowest BCUT2D eigenvalue weighted by Crippen LogP contribution is -2.03. The van der Waals surface area contributed by atoms with Gasteiger partial charge in [-0.15, -0.1) is 0 Å². The van der Waals surface area contributed by atoms with Gasteiger partial charge in [0.15, 0.2) is 0 Å². The van der Waals surface area contributed by atoms with Crippen LogP contribution in [-0.2, 0) is 0 Å². The molecule has 0 aliphatic rings. The van der Waals surface area contributed by atoms with E-state index in [4.69, 9.17) is 2.74 Å². The maximum atomic E-state index is 10.6. The second-order valence-electron chi connectivity index (χ2n) is 1.10. The van der Waals surface area contributed by atoms with E-state index >= 15 is 0 Å². The quantitative estimate of drug-likeness (QED) is 0.628. The van der Waals surface area contributed by atoms with E-state index in [0.29, 0.717) is 0 Å². The molecular formula is C4H3BrN2O. The summed E-state index contributed by atoms with van der Waals surface area (Å²) in [6.45, 7) is 0. The molecule has 0 amide bonds. The van der Waals surface area contributed by atoms with Crippen LogP contribution in [0.4, 0.5) is 0 Å². The standard InChI is InChI=1S/C4H3BrN2O/c5-3-1-6-2-4(8)7-3/h1-2H,(H,7,8)/i1D,2D. The number of rotatable bonds is 0. The molecule has 0 atom stereocenters. The van der Waals surface area contributed by atoms with E-state index in [-0.39, 0.29) is 10.8 Å². The number of halogens is 1. The fraction of sp³-hybridized carbons (Fsp3) is 0. The molecule has 0 aromatic carbocycles. The Morgan fingerprint density at radius 3 is 3.25 bits per heavy atom. The van der Waals surface area contributed by atoms with Crippen LogP contribution in [0, 0.1) is 0 Å². The van der Waals surface area contributed by atoms with Gasteiger partial charge in [0, 0.05) is 0 Å². The largest absolute Gasteiger partial charge is 0.314 e. The second-order valence-corrected chi connectivity index (χ2v) is 1.90. The molecule has 1 heterocycles. The van der Waals surface area contributed by atoms with E-state index in [1.807, 2.05) is 0 Å². The summed E-state index contributed by atoms with van der Waals surface area (Å²) in [4.78, 5) is 16.1. The van der Waals surface area contributed by atoms with Gasteiger partial charge in [0.05, 0.1) is 15.1 Å². The van der Waals surface area contributed by atoms with Crippen LogP contribution >= 0.6 is 15.9 Å². The van der Waals surface area contributed by atoms with Crippen molar-refractivity contribution in [1.82, 2.24) is 9.97 Å². The zero-order chi connectivity index (χ0) is 7.72. The van der Waals surface area contributed by atoms with Gasteiger partial charge in [-0.3, -0.25) is 9.78 Å². The molecule has 0 bridgehead atoms. The summed E-state index contributed by atoms with van der Waals surface area (Å²) < 4.78 is 14.1. The predicted octanol–water partition coefficient (Wildman–Crippen LogP) is 0.532. The highest BCUT2D eigenvalue weighted by Crippen LogP contribution is 1.95. The van der Waals surface area contributed by atoms with Crippen LogP contribution in [0.2, 0.25) is 0 Å². The minimum atomic E-state index is -0.595. The Balaban J connectivity index is 3.43. The van der Waals surface area contributed by atoms with E-state index in [1.54, 1.807) is 0 Å². The van der Waals surface area contributed by atoms with Crippen molar-refractivity contribution in [3.05, 3.63) is 27.3 Å². The first-order valence-corrected chi connectivity index (χ1v) is 2.63. The molecule has 42 valence electrons. The maximum absolute atomic E-state index is 10.6. The lowest BCUT2D eigenvalue weighted by molar-refractivity contribution is 1.11. The average molecular weight is 177 g/mol. The summed E-state index contributed by atoms with van der Waals surface area (Å²) in [6, 6.07) is 0. The zero-order valence-corrected chi connectivity index (χ0v) is 5.32. The van der Waals surface area contributed by atoms with Gasteiger partial charge in [-0.1, -0.05) is 0 Å². The van der Waals surface area contributed by atoms with Crippen LogP contribution in [0.3, 0.4) is 0 Å². The molecule has 0 fully saturated rings. The minimum Gasteiger partial charge on any atom is -0.314 e. The molecule has 1 rings (SSSR count). The van der Waals surface area contributed by atoms with E-state index < -0.39 is 11.7 Å². The first-order valence-electron chi connectivity index (χ1n) is 2.84. The van der Waals surface area contributed by atoms with Gasteiger partial charge >= 0.3 is 0 Å². The summed E-state index contributed by atoms with van der Waals surface area (Å²) in [6.07, 6.45) is -0.571. The lowest BCUT2D eigenvalue weighted by atomic mass is 10.8. The van der Waals surface area contributed by atoms with Crippen molar-refractivity contribution in [1.29, 1.82) is 0 Å². The number of nitrogens with one attached hydrogen (secondary N) is 1. The molecule has 0 saturated heterocycles. The molecule has 0 radical (unpaired) electrons. The smallest absolute Gasteiger partial charge is 0.267 e. The highest BCUT2D eigenvalue weighted by molar-refractivity contribution is 9.10. The molecule has 1 aromatic rings. The molecule has 0 aliphatic carbocycles. The summed E-state index contributed by atoms with van der Waals surface area (Å²) in [5, 5.41) is 0. The number of H-pyrrole nitrogens is 1. The fourth-order valence-electron chi connectivity index (χ4n) is 0.283. The van der Waals surface area contributed by atoms with Crippen molar-refractivity contribution < 1.29 is 2.74 Å². The Morgan fingerprint density at radius 1 is 1.88 bits per heavy atom. The van der Waals surface area contributed by atoms with Crippen LogP contribution in [-0.4, -0.2) is 9.97 Å². The van der Waals surface area contributed by atoms with Gasteiger partial charge in [0.1, 0.15) is 4.60 Å². The Kier molecular flexibility index (Phi) is 0.886. The van der Waals surface area contributed by atoms with E-state index in [2.05, 4.69) is 25.9 Å². The molecule has 1 N–H and O–H groups in total. The van der Waals surface area contributed by atoms with Gasteiger partial charge in [0.25, 0.3) is 5.56 Å². The molecule has 0 unspecified atom stereocenters. The second kappa shape index (κ2) is 2.09. The monoisotopic (exact) mass is 176 g/mol. The van der Waals surface area contributed by atoms with Gasteiger partial charge in [0.2, 0.25) is 0 Å². The first kappa shape index (κ1) is 3.40. The normalized spacial score (nSPS) is 12.6. The number of aromatic amines is 1. The van der Waals surface area contributed by atoms with Gasteiger partial charge in [-0.2, -0.15) is 0 Å². The Labute approximate surface area is 56.7 Å². The molecule has 1 aromatic heterocycles. The fourth-order valence-corrected chi connectivity index (χ4v) is 0.552. The van der Waals surface area contributed by atoms with Crippen molar-refractivity contribution in [2.75, 3.05) is 0 Å². The van der Waals surface area contributed by atoms with Gasteiger partial charge in [-0.25, -0.2) is 0 Å². The van der Waals surface area contributed by atoms with Crippen LogP contribution in [0.5, 0.6) is 0 Å². The topological polar surface area (TPSA) is 45.8 Å². The molecule has 0 spiro atoms. The highest BCUT2D eigenvalue weighted by Gasteiger charge is 1.82.